The van der Waals surface area contributed by atoms with Gasteiger partial charge >= 0.3 is 0 Å². The molecule has 3 rings (SSSR count). The van der Waals surface area contributed by atoms with E-state index in [0.29, 0.717) is 5.92 Å². The van der Waals surface area contributed by atoms with Crippen molar-refractivity contribution < 1.29 is 14.2 Å². The highest BCUT2D eigenvalue weighted by Gasteiger charge is 2.38. The Hall–Kier alpha value is -0.900. The van der Waals surface area contributed by atoms with E-state index in [9.17, 15) is 0 Å². The lowest BCUT2D eigenvalue weighted by molar-refractivity contribution is -0.141. The standard InChI is InChI=1S/C14H18O3/c1-15-14-12(7-9-17-14)13-11-5-3-2-4-10(11)6-8-16-13/h2-5,12-14H,6-9H2,1H3. The molecule has 2 heterocycles. The van der Waals surface area contributed by atoms with E-state index in [1.807, 2.05) is 0 Å². The first-order chi connectivity index (χ1) is 8.40. The SMILES string of the molecule is COC1OCCC1C1OCCc2ccccc21. The fourth-order valence-corrected chi connectivity index (χ4v) is 2.90. The van der Waals surface area contributed by atoms with Crippen molar-refractivity contribution in [2.24, 2.45) is 5.92 Å². The Labute approximate surface area is 102 Å². The number of fused-ring (bicyclic) bond motifs is 1. The van der Waals surface area contributed by atoms with Crippen LogP contribution in [0.3, 0.4) is 0 Å². The zero-order chi connectivity index (χ0) is 11.7. The largest absolute Gasteiger partial charge is 0.373 e. The quantitative estimate of drug-likeness (QED) is 0.786. The topological polar surface area (TPSA) is 27.7 Å². The smallest absolute Gasteiger partial charge is 0.162 e. The van der Waals surface area contributed by atoms with Gasteiger partial charge in [-0.25, -0.2) is 0 Å². The first-order valence-corrected chi connectivity index (χ1v) is 6.24. The first kappa shape index (κ1) is 11.2. The number of ether oxygens (including phenoxy) is 3. The van der Waals surface area contributed by atoms with Gasteiger partial charge in [0.15, 0.2) is 6.29 Å². The van der Waals surface area contributed by atoms with Crippen LogP contribution in [0.4, 0.5) is 0 Å². The molecule has 92 valence electrons. The van der Waals surface area contributed by atoms with Gasteiger partial charge < -0.3 is 14.2 Å². The molecule has 2 aliphatic heterocycles. The molecule has 1 saturated heterocycles. The molecule has 0 bridgehead atoms. The summed E-state index contributed by atoms with van der Waals surface area (Å²) < 4.78 is 16.9. The van der Waals surface area contributed by atoms with Crippen LogP contribution in [0.15, 0.2) is 24.3 Å². The van der Waals surface area contributed by atoms with Gasteiger partial charge in [0.2, 0.25) is 0 Å². The highest BCUT2D eigenvalue weighted by atomic mass is 16.7. The maximum atomic E-state index is 5.96. The Morgan fingerprint density at radius 3 is 2.94 bits per heavy atom. The fraction of sp³-hybridized carbons (Fsp3) is 0.571. The average molecular weight is 234 g/mol. The predicted molar refractivity (Wildman–Crippen MR) is 63.7 cm³/mol. The zero-order valence-corrected chi connectivity index (χ0v) is 10.1. The average Bonchev–Trinajstić information content (AvgIpc) is 2.86. The van der Waals surface area contributed by atoms with Crippen molar-refractivity contribution in [3.63, 3.8) is 0 Å². The van der Waals surface area contributed by atoms with E-state index >= 15 is 0 Å². The molecule has 1 aromatic carbocycles. The minimum absolute atomic E-state index is 0.119. The van der Waals surface area contributed by atoms with Crippen LogP contribution < -0.4 is 0 Å². The lowest BCUT2D eigenvalue weighted by Crippen LogP contribution is -2.29. The van der Waals surface area contributed by atoms with Crippen molar-refractivity contribution in [3.8, 4) is 0 Å². The van der Waals surface area contributed by atoms with Crippen LogP contribution in [0.1, 0.15) is 23.7 Å². The molecule has 0 saturated carbocycles. The van der Waals surface area contributed by atoms with Crippen molar-refractivity contribution in [2.45, 2.75) is 25.2 Å². The second-order valence-corrected chi connectivity index (χ2v) is 4.67. The van der Waals surface area contributed by atoms with Crippen molar-refractivity contribution in [2.75, 3.05) is 20.3 Å². The van der Waals surface area contributed by atoms with Crippen LogP contribution in [0.2, 0.25) is 0 Å². The van der Waals surface area contributed by atoms with E-state index in [4.69, 9.17) is 14.2 Å². The lowest BCUT2D eigenvalue weighted by atomic mass is 9.88. The maximum Gasteiger partial charge on any atom is 0.162 e. The summed E-state index contributed by atoms with van der Waals surface area (Å²) in [5, 5.41) is 0. The molecular weight excluding hydrogens is 216 g/mol. The van der Waals surface area contributed by atoms with Gasteiger partial charge in [0.05, 0.1) is 19.3 Å². The van der Waals surface area contributed by atoms with Gasteiger partial charge in [-0.1, -0.05) is 24.3 Å². The van der Waals surface area contributed by atoms with Crippen molar-refractivity contribution in [1.82, 2.24) is 0 Å². The molecule has 0 radical (unpaired) electrons. The molecule has 2 aliphatic rings. The van der Waals surface area contributed by atoms with Crippen LogP contribution in [0, 0.1) is 5.92 Å². The normalized spacial score (nSPS) is 32.4. The van der Waals surface area contributed by atoms with E-state index in [2.05, 4.69) is 24.3 Å². The summed E-state index contributed by atoms with van der Waals surface area (Å²) >= 11 is 0. The Kier molecular flexibility index (Phi) is 3.14. The molecule has 0 amide bonds. The molecular formula is C14H18O3. The highest BCUT2D eigenvalue weighted by molar-refractivity contribution is 5.31. The maximum absolute atomic E-state index is 5.96. The Morgan fingerprint density at radius 2 is 2.06 bits per heavy atom. The molecule has 3 atom stereocenters. The van der Waals surface area contributed by atoms with Gasteiger partial charge in [0.25, 0.3) is 0 Å². The second-order valence-electron chi connectivity index (χ2n) is 4.67. The first-order valence-electron chi connectivity index (χ1n) is 6.24. The monoisotopic (exact) mass is 234 g/mol. The molecule has 1 fully saturated rings. The minimum Gasteiger partial charge on any atom is -0.373 e. The molecule has 0 N–H and O–H groups in total. The zero-order valence-electron chi connectivity index (χ0n) is 10.1. The fourth-order valence-electron chi connectivity index (χ4n) is 2.90. The third-order valence-corrected chi connectivity index (χ3v) is 3.73. The van der Waals surface area contributed by atoms with Gasteiger partial charge in [-0.15, -0.1) is 0 Å². The van der Waals surface area contributed by atoms with Crippen LogP contribution in [-0.2, 0) is 20.6 Å². The third kappa shape index (κ3) is 1.99. The van der Waals surface area contributed by atoms with Gasteiger partial charge in [-0.2, -0.15) is 0 Å². The molecule has 0 aromatic heterocycles. The second kappa shape index (κ2) is 4.77. The van der Waals surface area contributed by atoms with Crippen molar-refractivity contribution in [3.05, 3.63) is 35.4 Å². The summed E-state index contributed by atoms with van der Waals surface area (Å²) in [6.45, 7) is 1.57. The van der Waals surface area contributed by atoms with Crippen LogP contribution in [-0.4, -0.2) is 26.6 Å². The molecule has 1 aromatic rings. The summed E-state index contributed by atoms with van der Waals surface area (Å²) in [4.78, 5) is 0. The van der Waals surface area contributed by atoms with Crippen LogP contribution in [0.5, 0.6) is 0 Å². The Morgan fingerprint density at radius 1 is 1.18 bits per heavy atom. The minimum atomic E-state index is -0.119. The predicted octanol–water partition coefficient (Wildman–Crippen LogP) is 2.31. The summed E-state index contributed by atoms with van der Waals surface area (Å²) in [7, 11) is 1.71. The molecule has 3 nitrogen and oxygen atoms in total. The molecule has 0 aliphatic carbocycles. The van der Waals surface area contributed by atoms with Gasteiger partial charge in [0, 0.05) is 13.0 Å². The number of hydrogen-bond donors (Lipinski definition) is 0. The number of hydrogen-bond acceptors (Lipinski definition) is 3. The lowest BCUT2D eigenvalue weighted by Gasteiger charge is -2.32. The Bertz CT molecular complexity index is 391. The molecule has 3 unspecified atom stereocenters. The highest BCUT2D eigenvalue weighted by Crippen LogP contribution is 2.39. The van der Waals surface area contributed by atoms with E-state index < -0.39 is 0 Å². The van der Waals surface area contributed by atoms with E-state index in [0.717, 1.165) is 26.1 Å². The summed E-state index contributed by atoms with van der Waals surface area (Å²) in [5.41, 5.74) is 2.72. The van der Waals surface area contributed by atoms with E-state index in [-0.39, 0.29) is 12.4 Å². The Balaban J connectivity index is 1.89. The van der Waals surface area contributed by atoms with Crippen molar-refractivity contribution >= 4 is 0 Å². The number of methoxy groups -OCH3 is 1. The van der Waals surface area contributed by atoms with E-state index in [1.54, 1.807) is 7.11 Å². The van der Waals surface area contributed by atoms with Crippen LogP contribution in [0.25, 0.3) is 0 Å². The summed E-state index contributed by atoms with van der Waals surface area (Å²) in [5.74, 6) is 0.321. The van der Waals surface area contributed by atoms with Crippen molar-refractivity contribution in [1.29, 1.82) is 0 Å². The summed E-state index contributed by atoms with van der Waals surface area (Å²) in [6, 6.07) is 8.55. The van der Waals surface area contributed by atoms with E-state index in [1.165, 1.54) is 11.1 Å². The van der Waals surface area contributed by atoms with Gasteiger partial charge in [-0.05, 0) is 24.0 Å². The van der Waals surface area contributed by atoms with Crippen LogP contribution >= 0.6 is 0 Å². The van der Waals surface area contributed by atoms with Gasteiger partial charge in [0.1, 0.15) is 0 Å². The molecule has 0 spiro atoms. The number of rotatable bonds is 2. The molecule has 17 heavy (non-hydrogen) atoms. The number of benzene rings is 1. The summed E-state index contributed by atoms with van der Waals surface area (Å²) in [6.07, 6.45) is 2.04. The third-order valence-electron chi connectivity index (χ3n) is 3.73. The van der Waals surface area contributed by atoms with Gasteiger partial charge in [-0.3, -0.25) is 0 Å². The molecule has 3 heteroatoms.